The van der Waals surface area contributed by atoms with E-state index in [0.29, 0.717) is 16.5 Å². The van der Waals surface area contributed by atoms with Crippen molar-refractivity contribution in [2.45, 2.75) is 32.8 Å². The van der Waals surface area contributed by atoms with Crippen LogP contribution in [-0.4, -0.2) is 44.8 Å². The van der Waals surface area contributed by atoms with Crippen molar-refractivity contribution < 1.29 is 18.7 Å². The number of alkyl carbamates (subject to hydrolysis) is 1. The van der Waals surface area contributed by atoms with Gasteiger partial charge in [0.15, 0.2) is 0 Å². The maximum Gasteiger partial charge on any atom is 0.407 e. The first-order chi connectivity index (χ1) is 13.0. The fourth-order valence-electron chi connectivity index (χ4n) is 2.56. The minimum atomic E-state index is -0.574. The zero-order chi connectivity index (χ0) is 20.9. The minimum Gasteiger partial charge on any atom is -0.444 e. The zero-order valence-electron chi connectivity index (χ0n) is 16.9. The first kappa shape index (κ1) is 21.3. The molecular weight excluding hydrogens is 362 g/mol. The second-order valence-electron chi connectivity index (χ2n) is 7.62. The molecule has 2 N–H and O–H groups in total. The molecule has 152 valence electrons. The van der Waals surface area contributed by atoms with E-state index < -0.39 is 17.3 Å². The average Bonchev–Trinajstić information content (AvgIpc) is 2.56. The Morgan fingerprint density at radius 2 is 1.79 bits per heavy atom. The van der Waals surface area contributed by atoms with Crippen molar-refractivity contribution in [3.63, 3.8) is 0 Å². The molecule has 0 unspecified atom stereocenters. The predicted octanol–water partition coefficient (Wildman–Crippen LogP) is 2.04. The maximum absolute atomic E-state index is 12.2. The van der Waals surface area contributed by atoms with Crippen LogP contribution in [0, 0.1) is 0 Å². The SMILES string of the molecule is CN(C)c1ccc2c(CC(=O)NCCNC(=O)OC(C)(C)C)cc(=O)oc2c1. The van der Waals surface area contributed by atoms with E-state index in [-0.39, 0.29) is 25.4 Å². The Morgan fingerprint density at radius 3 is 2.43 bits per heavy atom. The summed E-state index contributed by atoms with van der Waals surface area (Å²) in [5.74, 6) is -0.255. The van der Waals surface area contributed by atoms with Gasteiger partial charge in [0, 0.05) is 50.4 Å². The Kier molecular flexibility index (Phi) is 6.66. The fourth-order valence-corrected chi connectivity index (χ4v) is 2.56. The largest absolute Gasteiger partial charge is 0.444 e. The molecule has 0 aliphatic rings. The van der Waals surface area contributed by atoms with Crippen LogP contribution in [0.5, 0.6) is 0 Å². The number of benzene rings is 1. The normalized spacial score (nSPS) is 11.2. The highest BCUT2D eigenvalue weighted by molar-refractivity contribution is 5.88. The van der Waals surface area contributed by atoms with E-state index in [2.05, 4.69) is 10.6 Å². The third kappa shape index (κ3) is 6.29. The third-order valence-electron chi connectivity index (χ3n) is 3.80. The number of ether oxygens (including phenoxy) is 1. The molecule has 0 saturated heterocycles. The van der Waals surface area contributed by atoms with Gasteiger partial charge in [-0.3, -0.25) is 4.79 Å². The lowest BCUT2D eigenvalue weighted by Gasteiger charge is -2.19. The highest BCUT2D eigenvalue weighted by Crippen LogP contribution is 2.23. The monoisotopic (exact) mass is 389 g/mol. The van der Waals surface area contributed by atoms with Crippen molar-refractivity contribution in [1.29, 1.82) is 0 Å². The van der Waals surface area contributed by atoms with Crippen LogP contribution in [0.25, 0.3) is 11.0 Å². The van der Waals surface area contributed by atoms with Gasteiger partial charge in [-0.2, -0.15) is 0 Å². The Morgan fingerprint density at radius 1 is 1.11 bits per heavy atom. The number of carbonyl (C=O) groups excluding carboxylic acids is 2. The molecule has 0 saturated carbocycles. The molecule has 1 aromatic heterocycles. The highest BCUT2D eigenvalue weighted by atomic mass is 16.6. The van der Waals surface area contributed by atoms with Gasteiger partial charge >= 0.3 is 11.7 Å². The van der Waals surface area contributed by atoms with Gasteiger partial charge in [-0.1, -0.05) is 0 Å². The summed E-state index contributed by atoms with van der Waals surface area (Å²) in [6, 6.07) is 6.83. The number of hydrogen-bond acceptors (Lipinski definition) is 6. The average molecular weight is 389 g/mol. The fraction of sp³-hybridized carbons (Fsp3) is 0.450. The molecule has 0 aliphatic heterocycles. The Bertz CT molecular complexity index is 912. The zero-order valence-corrected chi connectivity index (χ0v) is 16.9. The molecule has 0 fully saturated rings. The first-order valence-corrected chi connectivity index (χ1v) is 9.03. The summed E-state index contributed by atoms with van der Waals surface area (Å²) >= 11 is 0. The second-order valence-corrected chi connectivity index (χ2v) is 7.62. The van der Waals surface area contributed by atoms with E-state index >= 15 is 0 Å². The van der Waals surface area contributed by atoms with Gasteiger partial charge in [0.25, 0.3) is 0 Å². The van der Waals surface area contributed by atoms with Crippen LogP contribution < -0.4 is 21.2 Å². The van der Waals surface area contributed by atoms with Crippen LogP contribution in [0.2, 0.25) is 0 Å². The third-order valence-corrected chi connectivity index (χ3v) is 3.80. The summed E-state index contributed by atoms with van der Waals surface area (Å²) in [5.41, 5.74) is 0.848. The lowest BCUT2D eigenvalue weighted by atomic mass is 10.1. The molecule has 1 aromatic carbocycles. The Labute approximate surface area is 163 Å². The molecule has 2 aromatic rings. The van der Waals surface area contributed by atoms with Crippen LogP contribution in [0.15, 0.2) is 33.5 Å². The molecule has 0 spiro atoms. The van der Waals surface area contributed by atoms with Gasteiger partial charge in [-0.05, 0) is 38.5 Å². The Balaban J connectivity index is 1.96. The number of nitrogens with one attached hydrogen (secondary N) is 2. The van der Waals surface area contributed by atoms with Gasteiger partial charge < -0.3 is 24.7 Å². The predicted molar refractivity (Wildman–Crippen MR) is 108 cm³/mol. The number of hydrogen-bond donors (Lipinski definition) is 2. The van der Waals surface area contributed by atoms with E-state index in [1.54, 1.807) is 26.8 Å². The molecular formula is C20H27N3O5. The second kappa shape index (κ2) is 8.77. The van der Waals surface area contributed by atoms with Gasteiger partial charge in [-0.25, -0.2) is 9.59 Å². The summed E-state index contributed by atoms with van der Waals surface area (Å²) in [7, 11) is 3.78. The molecule has 8 nitrogen and oxygen atoms in total. The maximum atomic E-state index is 12.2. The standard InChI is InChI=1S/C20H27N3O5/c1-20(2,3)28-19(26)22-9-8-21-17(24)10-13-11-18(25)27-16-12-14(23(4)5)6-7-15(13)16/h6-7,11-12H,8-10H2,1-5H3,(H,21,24)(H,22,26). The summed E-state index contributed by atoms with van der Waals surface area (Å²) in [5, 5.41) is 6.00. The van der Waals surface area contributed by atoms with Crippen molar-refractivity contribution in [1.82, 2.24) is 10.6 Å². The Hall–Kier alpha value is -3.03. The molecule has 0 aliphatic carbocycles. The molecule has 0 radical (unpaired) electrons. The van der Waals surface area contributed by atoms with Gasteiger partial charge in [0.1, 0.15) is 11.2 Å². The first-order valence-electron chi connectivity index (χ1n) is 9.03. The summed E-state index contributed by atoms with van der Waals surface area (Å²) < 4.78 is 10.4. The van der Waals surface area contributed by atoms with E-state index in [9.17, 15) is 14.4 Å². The summed E-state index contributed by atoms with van der Waals surface area (Å²) in [4.78, 5) is 37.5. The van der Waals surface area contributed by atoms with E-state index in [0.717, 1.165) is 5.69 Å². The minimum absolute atomic E-state index is 0.0375. The van der Waals surface area contributed by atoms with Gasteiger partial charge in [0.2, 0.25) is 5.91 Å². The molecule has 28 heavy (non-hydrogen) atoms. The van der Waals surface area contributed by atoms with Crippen molar-refractivity contribution in [2.24, 2.45) is 0 Å². The highest BCUT2D eigenvalue weighted by Gasteiger charge is 2.16. The number of rotatable bonds is 6. The van der Waals surface area contributed by atoms with Crippen molar-refractivity contribution in [3.8, 4) is 0 Å². The van der Waals surface area contributed by atoms with Crippen LogP contribution in [0.4, 0.5) is 10.5 Å². The van der Waals surface area contributed by atoms with Crippen molar-refractivity contribution in [3.05, 3.63) is 40.2 Å². The van der Waals surface area contributed by atoms with E-state index in [1.165, 1.54) is 6.07 Å². The van der Waals surface area contributed by atoms with Gasteiger partial charge in [0.05, 0.1) is 6.42 Å². The van der Waals surface area contributed by atoms with Crippen LogP contribution in [-0.2, 0) is 16.0 Å². The smallest absolute Gasteiger partial charge is 0.407 e. The van der Waals surface area contributed by atoms with E-state index in [1.807, 2.05) is 31.1 Å². The number of fused-ring (bicyclic) bond motifs is 1. The van der Waals surface area contributed by atoms with E-state index in [4.69, 9.17) is 9.15 Å². The van der Waals surface area contributed by atoms with Gasteiger partial charge in [-0.15, -0.1) is 0 Å². The summed E-state index contributed by atoms with van der Waals surface area (Å²) in [6.45, 7) is 5.82. The van der Waals surface area contributed by atoms with Crippen LogP contribution in [0.1, 0.15) is 26.3 Å². The number of amides is 2. The topological polar surface area (TPSA) is 101 Å². The molecule has 0 atom stereocenters. The molecule has 0 bridgehead atoms. The quantitative estimate of drug-likeness (QED) is 0.579. The lowest BCUT2D eigenvalue weighted by molar-refractivity contribution is -0.120. The molecule has 2 rings (SSSR count). The molecule has 8 heteroatoms. The summed E-state index contributed by atoms with van der Waals surface area (Å²) in [6.07, 6.45) is -0.499. The lowest BCUT2D eigenvalue weighted by Crippen LogP contribution is -2.38. The molecule has 2 amide bonds. The van der Waals surface area contributed by atoms with Crippen molar-refractivity contribution in [2.75, 3.05) is 32.1 Å². The molecule has 1 heterocycles. The van der Waals surface area contributed by atoms with Crippen molar-refractivity contribution >= 4 is 28.7 Å². The number of anilines is 1. The number of carbonyl (C=O) groups is 2. The van der Waals surface area contributed by atoms with Crippen LogP contribution in [0.3, 0.4) is 0 Å². The number of nitrogens with zero attached hydrogens (tertiary/aromatic N) is 1. The van der Waals surface area contributed by atoms with Crippen LogP contribution >= 0.6 is 0 Å².